The molecule has 1 heterocycles. The molecule has 1 fully saturated rings. The average Bonchev–Trinajstić information content (AvgIpc) is 2.45. The number of piperidine rings is 1. The van der Waals surface area contributed by atoms with Gasteiger partial charge in [-0.3, -0.25) is 4.79 Å². The number of benzene rings is 1. The number of nitrogens with one attached hydrogen (secondary N) is 2. The number of aryl methyl sites for hydroxylation is 1. The summed E-state index contributed by atoms with van der Waals surface area (Å²) in [4.78, 5) is 12.1. The number of hydrogen-bond donors (Lipinski definition) is 2. The first-order valence-corrected chi connectivity index (χ1v) is 6.90. The van der Waals surface area contributed by atoms with Gasteiger partial charge in [0.1, 0.15) is 0 Å². The standard InChI is InChI=1S/C15H22N2O/c1-2-12-7-3-4-9-14(12)15(18)17-11-13-8-5-6-10-16-13/h3-4,7,9,13,16H,2,5-6,8,10-11H2,1H3,(H,17,18). The number of rotatable bonds is 4. The predicted octanol–water partition coefficient (Wildman–Crippen LogP) is 2.12. The van der Waals surface area contributed by atoms with E-state index in [4.69, 9.17) is 0 Å². The molecule has 18 heavy (non-hydrogen) atoms. The first kappa shape index (κ1) is 13.1. The van der Waals surface area contributed by atoms with Crippen molar-refractivity contribution in [1.82, 2.24) is 10.6 Å². The molecule has 1 aliphatic heterocycles. The Labute approximate surface area is 109 Å². The quantitative estimate of drug-likeness (QED) is 0.854. The molecule has 1 atom stereocenters. The molecule has 1 aliphatic rings. The van der Waals surface area contributed by atoms with Crippen LogP contribution in [0.3, 0.4) is 0 Å². The molecule has 1 amide bonds. The molecule has 0 aromatic heterocycles. The van der Waals surface area contributed by atoms with Crippen LogP contribution in [0.15, 0.2) is 24.3 Å². The highest BCUT2D eigenvalue weighted by Crippen LogP contribution is 2.10. The van der Waals surface area contributed by atoms with E-state index in [0.717, 1.165) is 37.1 Å². The van der Waals surface area contributed by atoms with Gasteiger partial charge in [0.2, 0.25) is 0 Å². The van der Waals surface area contributed by atoms with Gasteiger partial charge in [0.15, 0.2) is 0 Å². The molecule has 3 nitrogen and oxygen atoms in total. The molecule has 1 saturated heterocycles. The second-order valence-corrected chi connectivity index (χ2v) is 4.87. The van der Waals surface area contributed by atoms with Crippen LogP contribution in [0, 0.1) is 0 Å². The lowest BCUT2D eigenvalue weighted by Gasteiger charge is -2.23. The number of carbonyl (C=O) groups is 1. The summed E-state index contributed by atoms with van der Waals surface area (Å²) >= 11 is 0. The SMILES string of the molecule is CCc1ccccc1C(=O)NCC1CCCCN1. The van der Waals surface area contributed by atoms with Crippen molar-refractivity contribution in [3.63, 3.8) is 0 Å². The van der Waals surface area contributed by atoms with E-state index >= 15 is 0 Å². The zero-order valence-corrected chi connectivity index (χ0v) is 11.0. The van der Waals surface area contributed by atoms with E-state index in [-0.39, 0.29) is 5.91 Å². The summed E-state index contributed by atoms with van der Waals surface area (Å²) in [6.45, 7) is 3.89. The van der Waals surface area contributed by atoms with Crippen LogP contribution >= 0.6 is 0 Å². The van der Waals surface area contributed by atoms with Gasteiger partial charge in [-0.25, -0.2) is 0 Å². The summed E-state index contributed by atoms with van der Waals surface area (Å²) in [6.07, 6.45) is 4.57. The van der Waals surface area contributed by atoms with E-state index in [9.17, 15) is 4.79 Å². The monoisotopic (exact) mass is 246 g/mol. The Balaban J connectivity index is 1.90. The van der Waals surface area contributed by atoms with Crippen LogP contribution in [0.2, 0.25) is 0 Å². The van der Waals surface area contributed by atoms with Gasteiger partial charge in [0.25, 0.3) is 5.91 Å². The van der Waals surface area contributed by atoms with Gasteiger partial charge in [-0.15, -0.1) is 0 Å². The van der Waals surface area contributed by atoms with Crippen molar-refractivity contribution >= 4 is 5.91 Å². The zero-order valence-electron chi connectivity index (χ0n) is 11.0. The Morgan fingerprint density at radius 3 is 2.94 bits per heavy atom. The molecular weight excluding hydrogens is 224 g/mol. The largest absolute Gasteiger partial charge is 0.350 e. The van der Waals surface area contributed by atoms with Gasteiger partial charge in [-0.1, -0.05) is 31.5 Å². The predicted molar refractivity (Wildman–Crippen MR) is 73.8 cm³/mol. The maximum Gasteiger partial charge on any atom is 0.251 e. The summed E-state index contributed by atoms with van der Waals surface area (Å²) in [5, 5.41) is 6.48. The van der Waals surface area contributed by atoms with Crippen molar-refractivity contribution in [2.45, 2.75) is 38.6 Å². The van der Waals surface area contributed by atoms with E-state index in [1.165, 1.54) is 12.8 Å². The van der Waals surface area contributed by atoms with Gasteiger partial charge in [-0.2, -0.15) is 0 Å². The number of carbonyl (C=O) groups excluding carboxylic acids is 1. The Kier molecular flexibility index (Phi) is 4.76. The smallest absolute Gasteiger partial charge is 0.251 e. The molecule has 1 aromatic carbocycles. The topological polar surface area (TPSA) is 41.1 Å². The molecule has 1 aromatic rings. The van der Waals surface area contributed by atoms with Gasteiger partial charge < -0.3 is 10.6 Å². The molecule has 0 spiro atoms. The fourth-order valence-electron chi connectivity index (χ4n) is 2.46. The fourth-order valence-corrected chi connectivity index (χ4v) is 2.46. The van der Waals surface area contributed by atoms with E-state index in [1.807, 2.05) is 24.3 Å². The van der Waals surface area contributed by atoms with Crippen LogP contribution in [0.1, 0.15) is 42.1 Å². The van der Waals surface area contributed by atoms with Crippen LogP contribution in [0.5, 0.6) is 0 Å². The van der Waals surface area contributed by atoms with Crippen LogP contribution in [0.4, 0.5) is 0 Å². The summed E-state index contributed by atoms with van der Waals surface area (Å²) in [6, 6.07) is 8.28. The van der Waals surface area contributed by atoms with Crippen LogP contribution < -0.4 is 10.6 Å². The minimum atomic E-state index is 0.0554. The normalized spacial score (nSPS) is 19.5. The van der Waals surface area contributed by atoms with E-state index in [0.29, 0.717) is 6.04 Å². The second kappa shape index (κ2) is 6.55. The van der Waals surface area contributed by atoms with E-state index < -0.39 is 0 Å². The van der Waals surface area contributed by atoms with Crippen molar-refractivity contribution in [3.8, 4) is 0 Å². The maximum absolute atomic E-state index is 12.1. The summed E-state index contributed by atoms with van der Waals surface area (Å²) in [5.41, 5.74) is 1.93. The minimum Gasteiger partial charge on any atom is -0.350 e. The van der Waals surface area contributed by atoms with Crippen molar-refractivity contribution in [3.05, 3.63) is 35.4 Å². The van der Waals surface area contributed by atoms with Crippen molar-refractivity contribution in [1.29, 1.82) is 0 Å². The van der Waals surface area contributed by atoms with Crippen LogP contribution in [-0.2, 0) is 6.42 Å². The van der Waals surface area contributed by atoms with E-state index in [1.54, 1.807) is 0 Å². The first-order valence-electron chi connectivity index (χ1n) is 6.90. The number of hydrogen-bond acceptors (Lipinski definition) is 2. The Bertz CT molecular complexity index is 397. The lowest BCUT2D eigenvalue weighted by molar-refractivity contribution is 0.0947. The Morgan fingerprint density at radius 1 is 1.39 bits per heavy atom. The van der Waals surface area contributed by atoms with Crippen molar-refractivity contribution in [2.75, 3.05) is 13.1 Å². The number of amides is 1. The highest BCUT2D eigenvalue weighted by atomic mass is 16.1. The molecule has 2 rings (SSSR count). The first-order chi connectivity index (χ1) is 8.81. The zero-order chi connectivity index (χ0) is 12.8. The molecule has 0 radical (unpaired) electrons. The second-order valence-electron chi connectivity index (χ2n) is 4.87. The van der Waals surface area contributed by atoms with Crippen molar-refractivity contribution in [2.24, 2.45) is 0 Å². The van der Waals surface area contributed by atoms with Crippen LogP contribution in [-0.4, -0.2) is 25.0 Å². The van der Waals surface area contributed by atoms with Gasteiger partial charge >= 0.3 is 0 Å². The molecule has 0 saturated carbocycles. The average molecular weight is 246 g/mol. The third-order valence-corrected chi connectivity index (χ3v) is 3.56. The fraction of sp³-hybridized carbons (Fsp3) is 0.533. The van der Waals surface area contributed by atoms with Crippen LogP contribution in [0.25, 0.3) is 0 Å². The summed E-state index contributed by atoms with van der Waals surface area (Å²) in [5.74, 6) is 0.0554. The third kappa shape index (κ3) is 3.33. The molecule has 0 bridgehead atoms. The lowest BCUT2D eigenvalue weighted by Crippen LogP contribution is -2.43. The summed E-state index contributed by atoms with van der Waals surface area (Å²) < 4.78 is 0. The maximum atomic E-state index is 12.1. The molecular formula is C15H22N2O. The van der Waals surface area contributed by atoms with E-state index in [2.05, 4.69) is 17.6 Å². The molecule has 2 N–H and O–H groups in total. The molecule has 98 valence electrons. The van der Waals surface area contributed by atoms with Gasteiger partial charge in [0, 0.05) is 18.2 Å². The van der Waals surface area contributed by atoms with Gasteiger partial charge in [-0.05, 0) is 37.4 Å². The molecule has 0 aliphatic carbocycles. The Morgan fingerprint density at radius 2 is 2.22 bits per heavy atom. The Hall–Kier alpha value is -1.35. The van der Waals surface area contributed by atoms with Crippen molar-refractivity contribution < 1.29 is 4.79 Å². The van der Waals surface area contributed by atoms with Gasteiger partial charge in [0.05, 0.1) is 0 Å². The summed E-state index contributed by atoms with van der Waals surface area (Å²) in [7, 11) is 0. The highest BCUT2D eigenvalue weighted by molar-refractivity contribution is 5.95. The third-order valence-electron chi connectivity index (χ3n) is 3.56. The highest BCUT2D eigenvalue weighted by Gasteiger charge is 2.15. The lowest BCUT2D eigenvalue weighted by atomic mass is 10.0. The molecule has 1 unspecified atom stereocenters. The molecule has 3 heteroatoms. The minimum absolute atomic E-state index is 0.0554.